The number of anilines is 1. The summed E-state index contributed by atoms with van der Waals surface area (Å²) in [6.07, 6.45) is 1.69. The summed E-state index contributed by atoms with van der Waals surface area (Å²) >= 11 is 0. The molecule has 0 unspecified atom stereocenters. The van der Waals surface area contributed by atoms with E-state index < -0.39 is 10.0 Å². The SMILES string of the molecule is COc1ccc(S(=O)(=O)N(C)c2ccc(C(=O)N[C@H](C)CCc3ccccc3)cc2)cc1OC. The summed E-state index contributed by atoms with van der Waals surface area (Å²) in [6.45, 7) is 1.97. The van der Waals surface area contributed by atoms with Crippen LogP contribution in [0.5, 0.6) is 11.5 Å². The topological polar surface area (TPSA) is 84.9 Å². The Kier molecular flexibility index (Phi) is 8.17. The number of carbonyl (C=O) groups is 1. The molecule has 1 amide bonds. The summed E-state index contributed by atoms with van der Waals surface area (Å²) in [7, 11) is 0.562. The van der Waals surface area contributed by atoms with Crippen LogP contribution in [0.4, 0.5) is 5.69 Å². The molecule has 0 aliphatic heterocycles. The Hall–Kier alpha value is -3.52. The molecule has 0 aliphatic rings. The van der Waals surface area contributed by atoms with Crippen LogP contribution in [0.25, 0.3) is 0 Å². The van der Waals surface area contributed by atoms with Gasteiger partial charge in [-0.3, -0.25) is 9.10 Å². The Balaban J connectivity index is 1.66. The highest BCUT2D eigenvalue weighted by molar-refractivity contribution is 7.92. The number of sulfonamides is 1. The maximum Gasteiger partial charge on any atom is 0.264 e. The van der Waals surface area contributed by atoms with Crippen molar-refractivity contribution in [3.05, 3.63) is 83.9 Å². The van der Waals surface area contributed by atoms with Crippen LogP contribution >= 0.6 is 0 Å². The van der Waals surface area contributed by atoms with Gasteiger partial charge in [0.2, 0.25) is 0 Å². The third kappa shape index (κ3) is 5.88. The number of rotatable bonds is 10. The average Bonchev–Trinajstić information content (AvgIpc) is 2.87. The molecular weight excluding hydrogens is 452 g/mol. The Labute approximate surface area is 201 Å². The number of benzene rings is 3. The molecule has 8 heteroatoms. The van der Waals surface area contributed by atoms with Crippen LogP contribution in [0.2, 0.25) is 0 Å². The van der Waals surface area contributed by atoms with E-state index in [1.54, 1.807) is 30.3 Å². The van der Waals surface area contributed by atoms with Gasteiger partial charge in [0.25, 0.3) is 15.9 Å². The Morgan fingerprint density at radius 2 is 1.59 bits per heavy atom. The molecule has 0 radical (unpaired) electrons. The third-order valence-electron chi connectivity index (χ3n) is 5.59. The third-order valence-corrected chi connectivity index (χ3v) is 7.37. The molecule has 0 bridgehead atoms. The van der Waals surface area contributed by atoms with E-state index in [-0.39, 0.29) is 16.8 Å². The lowest BCUT2D eigenvalue weighted by Gasteiger charge is -2.21. The van der Waals surface area contributed by atoms with Crippen molar-refractivity contribution in [1.82, 2.24) is 5.32 Å². The van der Waals surface area contributed by atoms with E-state index in [0.717, 1.165) is 12.8 Å². The summed E-state index contributed by atoms with van der Waals surface area (Å²) in [5, 5.41) is 3.00. The van der Waals surface area contributed by atoms with E-state index in [2.05, 4.69) is 17.4 Å². The van der Waals surface area contributed by atoms with E-state index in [1.807, 2.05) is 25.1 Å². The lowest BCUT2D eigenvalue weighted by atomic mass is 10.1. The molecule has 0 aromatic heterocycles. The standard InChI is InChI=1S/C26H30N2O5S/c1-19(10-11-20-8-6-5-7-9-20)27-26(29)21-12-14-22(15-13-21)28(2)34(30,31)23-16-17-24(32-3)25(18-23)33-4/h5-9,12-19H,10-11H2,1-4H3,(H,27,29)/t19-/m1/s1. The number of hydrogen-bond donors (Lipinski definition) is 1. The van der Waals surface area contributed by atoms with Crippen LogP contribution in [0.1, 0.15) is 29.3 Å². The maximum atomic E-state index is 13.1. The second-order valence-electron chi connectivity index (χ2n) is 7.93. The number of hydrogen-bond acceptors (Lipinski definition) is 5. The molecule has 7 nitrogen and oxygen atoms in total. The molecule has 3 aromatic rings. The van der Waals surface area contributed by atoms with Crippen LogP contribution in [0, 0.1) is 0 Å². The fourth-order valence-corrected chi connectivity index (χ4v) is 4.72. The fraction of sp³-hybridized carbons (Fsp3) is 0.269. The van der Waals surface area contributed by atoms with Crippen molar-refractivity contribution in [2.45, 2.75) is 30.7 Å². The number of amides is 1. The first-order valence-electron chi connectivity index (χ1n) is 10.9. The summed E-state index contributed by atoms with van der Waals surface area (Å²) in [5.41, 5.74) is 2.13. The summed E-state index contributed by atoms with van der Waals surface area (Å²) in [5.74, 6) is 0.570. The highest BCUT2D eigenvalue weighted by Crippen LogP contribution is 2.31. The van der Waals surface area contributed by atoms with Crippen LogP contribution in [0.15, 0.2) is 77.7 Å². The monoisotopic (exact) mass is 482 g/mol. The van der Waals surface area contributed by atoms with Gasteiger partial charge in [0.15, 0.2) is 11.5 Å². The Morgan fingerprint density at radius 1 is 0.941 bits per heavy atom. The molecule has 0 spiro atoms. The minimum absolute atomic E-state index is 0.000450. The summed E-state index contributed by atoms with van der Waals surface area (Å²) < 4.78 is 37.8. The highest BCUT2D eigenvalue weighted by atomic mass is 32.2. The van der Waals surface area contributed by atoms with E-state index in [1.165, 1.54) is 43.3 Å². The zero-order chi connectivity index (χ0) is 24.7. The van der Waals surface area contributed by atoms with Gasteiger partial charge in [0, 0.05) is 24.7 Å². The molecule has 0 saturated carbocycles. The number of nitrogens with one attached hydrogen (secondary N) is 1. The van der Waals surface area contributed by atoms with Gasteiger partial charge in [-0.1, -0.05) is 30.3 Å². The van der Waals surface area contributed by atoms with Crippen molar-refractivity contribution >= 4 is 21.6 Å². The first kappa shape index (κ1) is 25.1. The second-order valence-corrected chi connectivity index (χ2v) is 9.90. The van der Waals surface area contributed by atoms with Gasteiger partial charge < -0.3 is 14.8 Å². The molecule has 34 heavy (non-hydrogen) atoms. The number of methoxy groups -OCH3 is 2. The highest BCUT2D eigenvalue weighted by Gasteiger charge is 2.23. The predicted octanol–water partition coefficient (Wildman–Crippen LogP) is 4.28. The number of nitrogens with zero attached hydrogens (tertiary/aromatic N) is 1. The lowest BCUT2D eigenvalue weighted by Crippen LogP contribution is -2.33. The normalized spacial score (nSPS) is 12.0. The molecule has 0 saturated heterocycles. The van der Waals surface area contributed by atoms with Crippen molar-refractivity contribution in [1.29, 1.82) is 0 Å². The molecule has 1 atom stereocenters. The van der Waals surface area contributed by atoms with E-state index >= 15 is 0 Å². The van der Waals surface area contributed by atoms with Gasteiger partial charge >= 0.3 is 0 Å². The quantitative estimate of drug-likeness (QED) is 0.466. The molecule has 1 N–H and O–H groups in total. The van der Waals surface area contributed by atoms with Gasteiger partial charge in [0.05, 0.1) is 24.8 Å². The van der Waals surface area contributed by atoms with E-state index in [0.29, 0.717) is 22.7 Å². The first-order valence-corrected chi connectivity index (χ1v) is 12.4. The number of carbonyl (C=O) groups excluding carboxylic acids is 1. The molecule has 0 heterocycles. The summed E-state index contributed by atoms with van der Waals surface area (Å²) in [6, 6.07) is 21.0. The van der Waals surface area contributed by atoms with Crippen molar-refractivity contribution in [2.75, 3.05) is 25.6 Å². The minimum atomic E-state index is -3.84. The lowest BCUT2D eigenvalue weighted by molar-refractivity contribution is 0.0938. The van der Waals surface area contributed by atoms with Crippen LogP contribution in [-0.2, 0) is 16.4 Å². The predicted molar refractivity (Wildman–Crippen MR) is 133 cm³/mol. The smallest absolute Gasteiger partial charge is 0.264 e. The zero-order valence-electron chi connectivity index (χ0n) is 19.8. The van der Waals surface area contributed by atoms with Crippen LogP contribution in [-0.4, -0.2) is 41.6 Å². The fourth-order valence-electron chi connectivity index (χ4n) is 3.50. The zero-order valence-corrected chi connectivity index (χ0v) is 20.6. The Morgan fingerprint density at radius 3 is 2.21 bits per heavy atom. The summed E-state index contributed by atoms with van der Waals surface area (Å²) in [4.78, 5) is 12.7. The number of aryl methyl sites for hydroxylation is 1. The molecule has 3 aromatic carbocycles. The van der Waals surface area contributed by atoms with Crippen LogP contribution < -0.4 is 19.1 Å². The van der Waals surface area contributed by atoms with Crippen molar-refractivity contribution in [3.8, 4) is 11.5 Å². The van der Waals surface area contributed by atoms with Gasteiger partial charge in [-0.25, -0.2) is 8.42 Å². The van der Waals surface area contributed by atoms with Crippen molar-refractivity contribution in [2.24, 2.45) is 0 Å². The largest absolute Gasteiger partial charge is 0.493 e. The molecular formula is C26H30N2O5S. The first-order chi connectivity index (χ1) is 16.3. The molecule has 0 aliphatic carbocycles. The van der Waals surface area contributed by atoms with Crippen molar-refractivity contribution < 1.29 is 22.7 Å². The van der Waals surface area contributed by atoms with Gasteiger partial charge in [0.1, 0.15) is 0 Å². The average molecular weight is 483 g/mol. The van der Waals surface area contributed by atoms with E-state index in [4.69, 9.17) is 9.47 Å². The van der Waals surface area contributed by atoms with E-state index in [9.17, 15) is 13.2 Å². The van der Waals surface area contributed by atoms with Crippen molar-refractivity contribution in [3.63, 3.8) is 0 Å². The van der Waals surface area contributed by atoms with Gasteiger partial charge in [-0.05, 0) is 61.7 Å². The second kappa shape index (κ2) is 11.1. The van der Waals surface area contributed by atoms with Gasteiger partial charge in [-0.2, -0.15) is 0 Å². The maximum absolute atomic E-state index is 13.1. The minimum Gasteiger partial charge on any atom is -0.493 e. The molecule has 180 valence electrons. The van der Waals surface area contributed by atoms with Gasteiger partial charge in [-0.15, -0.1) is 0 Å². The molecule has 3 rings (SSSR count). The molecule has 0 fully saturated rings. The Bertz CT molecular complexity index is 1210. The van der Waals surface area contributed by atoms with Crippen LogP contribution in [0.3, 0.4) is 0 Å². The number of ether oxygens (including phenoxy) is 2.